The summed E-state index contributed by atoms with van der Waals surface area (Å²) < 4.78 is 1.48. The van der Waals surface area contributed by atoms with Gasteiger partial charge in [-0.1, -0.05) is 13.8 Å². The molecular formula is C8H14BrN5O3. The van der Waals surface area contributed by atoms with Gasteiger partial charge in [0.15, 0.2) is 0 Å². The lowest BCUT2D eigenvalue weighted by molar-refractivity contribution is -0.394. The third-order valence-corrected chi connectivity index (χ3v) is 2.51. The van der Waals surface area contributed by atoms with Crippen LogP contribution in [0, 0.1) is 10.1 Å². The van der Waals surface area contributed by atoms with Crippen LogP contribution in [0.1, 0.15) is 13.8 Å². The SMILES string of the molecule is CC(C)NCC(O)Cn1nc([N+](=O)[O-])nc1Br. The highest BCUT2D eigenvalue weighted by Gasteiger charge is 2.21. The molecule has 17 heavy (non-hydrogen) atoms. The highest BCUT2D eigenvalue weighted by molar-refractivity contribution is 9.10. The smallest absolute Gasteiger partial charge is 0.390 e. The summed E-state index contributed by atoms with van der Waals surface area (Å²) in [7, 11) is 0. The molecule has 0 radical (unpaired) electrons. The molecular weight excluding hydrogens is 294 g/mol. The van der Waals surface area contributed by atoms with Crippen LogP contribution >= 0.6 is 15.9 Å². The summed E-state index contributed by atoms with van der Waals surface area (Å²) in [5.41, 5.74) is 0. The Morgan fingerprint density at radius 1 is 1.65 bits per heavy atom. The van der Waals surface area contributed by atoms with Crippen LogP contribution in [0.4, 0.5) is 5.95 Å². The van der Waals surface area contributed by atoms with Crippen LogP contribution in [0.15, 0.2) is 4.73 Å². The number of aliphatic hydroxyl groups excluding tert-OH is 1. The summed E-state index contributed by atoms with van der Waals surface area (Å²) in [6, 6.07) is 0.262. The predicted molar refractivity (Wildman–Crippen MR) is 63.5 cm³/mol. The molecule has 2 N–H and O–H groups in total. The highest BCUT2D eigenvalue weighted by atomic mass is 79.9. The predicted octanol–water partition coefficient (Wildman–Crippen LogP) is 0.308. The number of nitrogens with one attached hydrogen (secondary N) is 1. The molecule has 0 aliphatic carbocycles. The number of aromatic nitrogens is 3. The van der Waals surface area contributed by atoms with Crippen LogP contribution in [0.3, 0.4) is 0 Å². The number of hydrogen-bond acceptors (Lipinski definition) is 6. The van der Waals surface area contributed by atoms with Crippen molar-refractivity contribution in [1.29, 1.82) is 0 Å². The summed E-state index contributed by atoms with van der Waals surface area (Å²) in [6.07, 6.45) is -0.685. The minimum Gasteiger partial charge on any atom is -0.390 e. The summed E-state index contributed by atoms with van der Waals surface area (Å²) in [4.78, 5) is 13.4. The largest absolute Gasteiger partial charge is 0.492 e. The molecule has 0 aliphatic rings. The van der Waals surface area contributed by atoms with Crippen LogP contribution in [0.25, 0.3) is 0 Å². The highest BCUT2D eigenvalue weighted by Crippen LogP contribution is 2.12. The molecule has 0 aromatic carbocycles. The topological polar surface area (TPSA) is 106 Å². The van der Waals surface area contributed by atoms with Crippen molar-refractivity contribution in [2.24, 2.45) is 0 Å². The molecule has 1 unspecified atom stereocenters. The zero-order chi connectivity index (χ0) is 13.0. The van der Waals surface area contributed by atoms with E-state index in [0.717, 1.165) is 0 Å². The van der Waals surface area contributed by atoms with Crippen molar-refractivity contribution in [3.05, 3.63) is 14.8 Å². The van der Waals surface area contributed by atoms with Crippen LogP contribution in [-0.2, 0) is 6.54 Å². The second kappa shape index (κ2) is 6.03. The van der Waals surface area contributed by atoms with Gasteiger partial charge in [0.2, 0.25) is 0 Å². The molecule has 0 bridgehead atoms. The van der Waals surface area contributed by atoms with Crippen molar-refractivity contribution in [3.63, 3.8) is 0 Å². The first kappa shape index (κ1) is 14.0. The average Bonchev–Trinajstić information content (AvgIpc) is 2.58. The van der Waals surface area contributed by atoms with Crippen LogP contribution < -0.4 is 5.32 Å². The molecule has 0 aliphatic heterocycles. The number of hydrogen-bond donors (Lipinski definition) is 2. The van der Waals surface area contributed by atoms with Gasteiger partial charge in [0.25, 0.3) is 4.73 Å². The summed E-state index contributed by atoms with van der Waals surface area (Å²) in [6.45, 7) is 4.45. The van der Waals surface area contributed by atoms with Crippen LogP contribution in [0.2, 0.25) is 0 Å². The van der Waals surface area contributed by atoms with Gasteiger partial charge in [-0.2, -0.15) is 4.68 Å². The quantitative estimate of drug-likeness (QED) is 0.578. The Hall–Kier alpha value is -1.06. The van der Waals surface area contributed by atoms with E-state index < -0.39 is 17.0 Å². The standard InChI is InChI=1S/C8H14BrN5O3/c1-5(2)10-3-6(15)4-13-7(9)11-8(12-13)14(16)17/h5-6,10,15H,3-4H2,1-2H3. The van der Waals surface area contributed by atoms with E-state index in [4.69, 9.17) is 0 Å². The van der Waals surface area contributed by atoms with Gasteiger partial charge < -0.3 is 20.5 Å². The van der Waals surface area contributed by atoms with Gasteiger partial charge in [-0.15, -0.1) is 0 Å². The molecule has 1 rings (SSSR count). The minimum absolute atomic E-state index is 0.140. The summed E-state index contributed by atoms with van der Waals surface area (Å²) in [5, 5.41) is 26.8. The Morgan fingerprint density at radius 3 is 2.76 bits per heavy atom. The second-order valence-corrected chi connectivity index (χ2v) is 4.55. The number of nitro groups is 1. The molecule has 0 saturated heterocycles. The van der Waals surface area contributed by atoms with Gasteiger partial charge in [-0.3, -0.25) is 0 Å². The van der Waals surface area contributed by atoms with E-state index in [0.29, 0.717) is 6.54 Å². The van der Waals surface area contributed by atoms with E-state index >= 15 is 0 Å². The van der Waals surface area contributed by atoms with Gasteiger partial charge >= 0.3 is 5.95 Å². The molecule has 1 aromatic rings. The number of rotatable bonds is 6. The minimum atomic E-state index is -0.685. The Kier molecular flexibility index (Phi) is 4.97. The van der Waals surface area contributed by atoms with Gasteiger partial charge in [0.1, 0.15) is 0 Å². The maximum absolute atomic E-state index is 10.4. The molecule has 8 nitrogen and oxygen atoms in total. The van der Waals surface area contributed by atoms with Crippen LogP contribution in [-0.4, -0.2) is 43.5 Å². The van der Waals surface area contributed by atoms with E-state index in [1.54, 1.807) is 0 Å². The Labute approximate surface area is 106 Å². The van der Waals surface area contributed by atoms with E-state index in [1.165, 1.54) is 4.68 Å². The number of aliphatic hydroxyl groups is 1. The normalized spacial score (nSPS) is 13.0. The third kappa shape index (κ3) is 4.36. The second-order valence-electron chi connectivity index (χ2n) is 3.84. The average molecular weight is 308 g/mol. The molecule has 1 atom stereocenters. The van der Waals surface area contributed by atoms with Crippen molar-refractivity contribution in [2.45, 2.75) is 32.5 Å². The molecule has 0 amide bonds. The van der Waals surface area contributed by atoms with Crippen molar-refractivity contribution in [1.82, 2.24) is 20.1 Å². The fraction of sp³-hybridized carbons (Fsp3) is 0.750. The van der Waals surface area contributed by atoms with E-state index in [-0.39, 0.29) is 17.3 Å². The van der Waals surface area contributed by atoms with Gasteiger partial charge in [0.05, 0.1) is 12.6 Å². The molecule has 9 heteroatoms. The molecule has 1 aromatic heterocycles. The van der Waals surface area contributed by atoms with E-state index in [2.05, 4.69) is 31.3 Å². The fourth-order valence-corrected chi connectivity index (χ4v) is 1.52. The first-order valence-corrected chi connectivity index (χ1v) is 5.85. The van der Waals surface area contributed by atoms with Crippen molar-refractivity contribution in [3.8, 4) is 0 Å². The lowest BCUT2D eigenvalue weighted by Crippen LogP contribution is -2.34. The van der Waals surface area contributed by atoms with Gasteiger partial charge in [-0.05, 0) is 9.91 Å². The van der Waals surface area contributed by atoms with Gasteiger partial charge in [0, 0.05) is 33.6 Å². The van der Waals surface area contributed by atoms with E-state index in [1.807, 2.05) is 13.8 Å². The van der Waals surface area contributed by atoms with Crippen LogP contribution in [0.5, 0.6) is 0 Å². The Morgan fingerprint density at radius 2 is 2.29 bits per heavy atom. The Bertz CT molecular complexity index is 395. The molecule has 0 fully saturated rings. The first-order chi connectivity index (χ1) is 7.90. The molecule has 0 spiro atoms. The van der Waals surface area contributed by atoms with Crippen molar-refractivity contribution in [2.75, 3.05) is 6.54 Å². The van der Waals surface area contributed by atoms with E-state index in [9.17, 15) is 15.2 Å². The fourth-order valence-electron chi connectivity index (χ4n) is 1.14. The monoisotopic (exact) mass is 307 g/mol. The first-order valence-electron chi connectivity index (χ1n) is 5.06. The maximum atomic E-state index is 10.4. The third-order valence-electron chi connectivity index (χ3n) is 1.92. The number of nitrogens with zero attached hydrogens (tertiary/aromatic N) is 4. The summed E-state index contributed by atoms with van der Waals surface area (Å²) in [5.74, 6) is -0.485. The summed E-state index contributed by atoms with van der Waals surface area (Å²) >= 11 is 3.05. The van der Waals surface area contributed by atoms with Crippen molar-refractivity contribution >= 4 is 21.9 Å². The molecule has 96 valence electrons. The van der Waals surface area contributed by atoms with Crippen molar-refractivity contribution < 1.29 is 10.0 Å². The Balaban J connectivity index is 2.58. The molecule has 1 heterocycles. The number of halogens is 1. The lowest BCUT2D eigenvalue weighted by atomic mass is 10.3. The maximum Gasteiger partial charge on any atom is 0.492 e. The molecule has 0 saturated carbocycles. The zero-order valence-corrected chi connectivity index (χ0v) is 11.1. The van der Waals surface area contributed by atoms with Gasteiger partial charge in [-0.25, -0.2) is 0 Å². The lowest BCUT2D eigenvalue weighted by Gasteiger charge is -2.12. The zero-order valence-electron chi connectivity index (χ0n) is 9.50.